The Bertz CT molecular complexity index is 577. The van der Waals surface area contributed by atoms with Crippen molar-refractivity contribution in [2.24, 2.45) is 11.7 Å². The van der Waals surface area contributed by atoms with Crippen molar-refractivity contribution in [1.82, 2.24) is 4.31 Å². The smallest absolute Gasteiger partial charge is 0.244 e. The summed E-state index contributed by atoms with van der Waals surface area (Å²) in [6.07, 6.45) is 0.749. The lowest BCUT2D eigenvalue weighted by molar-refractivity contribution is 0.253. The lowest BCUT2D eigenvalue weighted by Crippen LogP contribution is -2.49. The number of hydrogen-bond donors (Lipinski definition) is 1. The molecule has 1 aromatic carbocycles. The summed E-state index contributed by atoms with van der Waals surface area (Å²) in [6, 6.07) is 4.28. The van der Waals surface area contributed by atoms with Crippen molar-refractivity contribution in [3.63, 3.8) is 0 Å². The van der Waals surface area contributed by atoms with E-state index in [-0.39, 0.29) is 16.0 Å². The zero-order valence-corrected chi connectivity index (χ0v) is 12.8. The van der Waals surface area contributed by atoms with Gasteiger partial charge in [0.1, 0.15) is 4.90 Å². The van der Waals surface area contributed by atoms with Crippen LogP contribution in [0.3, 0.4) is 0 Å². The molecule has 0 aromatic heterocycles. The minimum atomic E-state index is -3.63. The third-order valence-corrected chi connectivity index (χ3v) is 6.07. The van der Waals surface area contributed by atoms with E-state index < -0.39 is 10.0 Å². The van der Waals surface area contributed by atoms with Gasteiger partial charge in [-0.25, -0.2) is 8.42 Å². The van der Waals surface area contributed by atoms with Crippen molar-refractivity contribution in [2.75, 3.05) is 13.1 Å². The standard InChI is InChI=1S/C12H16Cl2N2O2S/c1-8-4-5-16(7-11(8)15)19(17,18)12-6-9(13)2-3-10(12)14/h2-3,6,8,11H,4-5,7,15H2,1H3. The predicted molar refractivity (Wildman–Crippen MR) is 77.0 cm³/mol. The summed E-state index contributed by atoms with van der Waals surface area (Å²) in [6.45, 7) is 2.80. The number of sulfonamides is 1. The van der Waals surface area contributed by atoms with E-state index in [1.807, 2.05) is 6.92 Å². The van der Waals surface area contributed by atoms with Crippen LogP contribution in [0.15, 0.2) is 23.1 Å². The molecule has 0 bridgehead atoms. The Morgan fingerprint density at radius 2 is 2.05 bits per heavy atom. The van der Waals surface area contributed by atoms with Crippen LogP contribution in [0.1, 0.15) is 13.3 Å². The van der Waals surface area contributed by atoms with Crippen LogP contribution in [-0.2, 0) is 10.0 Å². The van der Waals surface area contributed by atoms with Gasteiger partial charge >= 0.3 is 0 Å². The zero-order valence-electron chi connectivity index (χ0n) is 10.5. The summed E-state index contributed by atoms with van der Waals surface area (Å²) in [7, 11) is -3.63. The second-order valence-electron chi connectivity index (χ2n) is 4.87. The van der Waals surface area contributed by atoms with Crippen molar-refractivity contribution in [3.05, 3.63) is 28.2 Å². The van der Waals surface area contributed by atoms with Crippen LogP contribution in [0.25, 0.3) is 0 Å². The van der Waals surface area contributed by atoms with E-state index in [4.69, 9.17) is 28.9 Å². The third-order valence-electron chi connectivity index (χ3n) is 3.49. The Labute approximate surface area is 123 Å². The van der Waals surface area contributed by atoms with E-state index in [0.29, 0.717) is 24.0 Å². The van der Waals surface area contributed by atoms with E-state index in [1.165, 1.54) is 16.4 Å². The Balaban J connectivity index is 2.35. The summed E-state index contributed by atoms with van der Waals surface area (Å²) >= 11 is 11.8. The number of hydrogen-bond acceptors (Lipinski definition) is 3. The van der Waals surface area contributed by atoms with Crippen LogP contribution in [0.5, 0.6) is 0 Å². The molecule has 106 valence electrons. The van der Waals surface area contributed by atoms with Crippen LogP contribution >= 0.6 is 23.2 Å². The molecule has 0 spiro atoms. The molecule has 0 aliphatic carbocycles. The Morgan fingerprint density at radius 3 is 2.68 bits per heavy atom. The zero-order chi connectivity index (χ0) is 14.2. The van der Waals surface area contributed by atoms with Crippen LogP contribution in [0.4, 0.5) is 0 Å². The summed E-state index contributed by atoms with van der Waals surface area (Å²) in [5.74, 6) is 0.321. The van der Waals surface area contributed by atoms with E-state index >= 15 is 0 Å². The van der Waals surface area contributed by atoms with Crippen molar-refractivity contribution >= 4 is 33.2 Å². The molecule has 1 aromatic rings. The average molecular weight is 323 g/mol. The van der Waals surface area contributed by atoms with Crippen molar-refractivity contribution in [1.29, 1.82) is 0 Å². The SMILES string of the molecule is CC1CCN(S(=O)(=O)c2cc(Cl)ccc2Cl)CC1N. The summed E-state index contributed by atoms with van der Waals surface area (Å²) in [5, 5.41) is 0.522. The monoisotopic (exact) mass is 322 g/mol. The first-order valence-electron chi connectivity index (χ1n) is 6.03. The van der Waals surface area contributed by atoms with Gasteiger partial charge in [-0.1, -0.05) is 30.1 Å². The first-order chi connectivity index (χ1) is 8.82. The van der Waals surface area contributed by atoms with Gasteiger partial charge in [-0.3, -0.25) is 0 Å². The van der Waals surface area contributed by atoms with E-state index in [9.17, 15) is 8.42 Å². The minimum Gasteiger partial charge on any atom is -0.326 e. The maximum Gasteiger partial charge on any atom is 0.244 e. The quantitative estimate of drug-likeness (QED) is 0.909. The molecule has 1 saturated heterocycles. The maximum atomic E-state index is 12.5. The molecule has 2 rings (SSSR count). The fraction of sp³-hybridized carbons (Fsp3) is 0.500. The van der Waals surface area contributed by atoms with Crippen molar-refractivity contribution < 1.29 is 8.42 Å². The number of nitrogens with zero attached hydrogens (tertiary/aromatic N) is 1. The molecule has 1 aliphatic rings. The van der Waals surface area contributed by atoms with Gasteiger partial charge < -0.3 is 5.73 Å². The van der Waals surface area contributed by atoms with E-state index in [0.717, 1.165) is 6.42 Å². The average Bonchev–Trinajstić information content (AvgIpc) is 2.35. The molecule has 19 heavy (non-hydrogen) atoms. The van der Waals surface area contributed by atoms with Crippen LogP contribution in [0, 0.1) is 5.92 Å². The molecule has 7 heteroatoms. The first-order valence-corrected chi connectivity index (χ1v) is 8.22. The largest absolute Gasteiger partial charge is 0.326 e. The highest BCUT2D eigenvalue weighted by molar-refractivity contribution is 7.89. The Kier molecular flexibility index (Phi) is 4.42. The molecule has 0 saturated carbocycles. The highest BCUT2D eigenvalue weighted by Gasteiger charge is 2.33. The predicted octanol–water partition coefficient (Wildman–Crippen LogP) is 2.35. The highest BCUT2D eigenvalue weighted by Crippen LogP contribution is 2.29. The lowest BCUT2D eigenvalue weighted by atomic mass is 9.96. The number of rotatable bonds is 2. The fourth-order valence-corrected chi connectivity index (χ4v) is 4.33. The topological polar surface area (TPSA) is 63.4 Å². The molecule has 1 aliphatic heterocycles. The van der Waals surface area contributed by atoms with Crippen LogP contribution < -0.4 is 5.73 Å². The molecular formula is C12H16Cl2N2O2S. The molecule has 0 radical (unpaired) electrons. The van der Waals surface area contributed by atoms with Gasteiger partial charge in [0.15, 0.2) is 0 Å². The number of benzene rings is 1. The van der Waals surface area contributed by atoms with Crippen molar-refractivity contribution in [3.8, 4) is 0 Å². The van der Waals surface area contributed by atoms with Gasteiger partial charge in [0.25, 0.3) is 0 Å². The van der Waals surface area contributed by atoms with Gasteiger partial charge in [0.05, 0.1) is 5.02 Å². The van der Waals surface area contributed by atoms with Gasteiger partial charge in [-0.2, -0.15) is 4.31 Å². The maximum absolute atomic E-state index is 12.5. The molecule has 2 atom stereocenters. The second-order valence-corrected chi connectivity index (χ2v) is 7.62. The molecule has 1 fully saturated rings. The Morgan fingerprint density at radius 1 is 1.37 bits per heavy atom. The molecule has 0 amide bonds. The number of halogens is 2. The molecule has 2 N–H and O–H groups in total. The minimum absolute atomic E-state index is 0.0448. The number of piperidine rings is 1. The van der Waals surface area contributed by atoms with Gasteiger partial charge in [-0.05, 0) is 30.5 Å². The van der Waals surface area contributed by atoms with Crippen molar-refractivity contribution in [2.45, 2.75) is 24.3 Å². The fourth-order valence-electron chi connectivity index (χ4n) is 2.10. The second kappa shape index (κ2) is 5.58. The molecular weight excluding hydrogens is 307 g/mol. The van der Waals surface area contributed by atoms with Gasteiger partial charge in [-0.15, -0.1) is 0 Å². The van der Waals surface area contributed by atoms with Gasteiger partial charge in [0.2, 0.25) is 10.0 Å². The van der Waals surface area contributed by atoms with Gasteiger partial charge in [0, 0.05) is 24.2 Å². The summed E-state index contributed by atoms with van der Waals surface area (Å²) < 4.78 is 26.5. The van der Waals surface area contributed by atoms with E-state index in [2.05, 4.69) is 0 Å². The molecule has 2 unspecified atom stereocenters. The Hall–Kier alpha value is -0.330. The highest BCUT2D eigenvalue weighted by atomic mass is 35.5. The molecule has 4 nitrogen and oxygen atoms in total. The first kappa shape index (κ1) is 15.1. The normalized spacial score (nSPS) is 25.5. The van der Waals surface area contributed by atoms with E-state index in [1.54, 1.807) is 6.07 Å². The van der Waals surface area contributed by atoms with Crippen LogP contribution in [0.2, 0.25) is 10.0 Å². The van der Waals surface area contributed by atoms with Crippen LogP contribution in [-0.4, -0.2) is 31.9 Å². The lowest BCUT2D eigenvalue weighted by Gasteiger charge is -2.34. The molecule has 1 heterocycles. The summed E-state index contributed by atoms with van der Waals surface area (Å²) in [5.41, 5.74) is 5.95. The third kappa shape index (κ3) is 3.06. The number of nitrogens with two attached hydrogens (primary N) is 1. The summed E-state index contributed by atoms with van der Waals surface area (Å²) in [4.78, 5) is 0.0448.